The van der Waals surface area contributed by atoms with Gasteiger partial charge in [-0.05, 0) is 59.7 Å². The van der Waals surface area contributed by atoms with Gasteiger partial charge in [0.25, 0.3) is 0 Å². The van der Waals surface area contributed by atoms with Gasteiger partial charge in [-0.1, -0.05) is 91.0 Å². The van der Waals surface area contributed by atoms with Gasteiger partial charge in [0.2, 0.25) is 0 Å². The monoisotopic (exact) mass is 581 g/mol. The molecule has 0 fully saturated rings. The molecule has 3 aromatic heterocycles. The maximum atomic E-state index is 6.35. The Labute approximate surface area is 256 Å². The van der Waals surface area contributed by atoms with E-state index in [1.165, 1.54) is 25.7 Å². The summed E-state index contributed by atoms with van der Waals surface area (Å²) < 4.78 is 8.87. The first-order chi connectivity index (χ1) is 21.8. The van der Waals surface area contributed by atoms with Crippen molar-refractivity contribution >= 4 is 53.4 Å². The first-order valence-electron chi connectivity index (χ1n) is 14.5. The van der Waals surface area contributed by atoms with E-state index in [1.54, 1.807) is 11.3 Å². The van der Waals surface area contributed by atoms with Crippen LogP contribution in [0.1, 0.15) is 0 Å². The van der Waals surface area contributed by atoms with Crippen LogP contribution in [-0.4, -0.2) is 15.0 Å². The second kappa shape index (κ2) is 9.97. The van der Waals surface area contributed by atoms with E-state index in [1.807, 2.05) is 42.5 Å². The maximum absolute atomic E-state index is 6.35. The van der Waals surface area contributed by atoms with Crippen molar-refractivity contribution in [2.75, 3.05) is 0 Å². The fourth-order valence-corrected chi connectivity index (χ4v) is 7.03. The lowest BCUT2D eigenvalue weighted by Gasteiger charge is -2.09. The van der Waals surface area contributed by atoms with E-state index in [0.717, 1.165) is 44.2 Å². The molecule has 0 N–H and O–H groups in total. The summed E-state index contributed by atoms with van der Waals surface area (Å²) in [6.07, 6.45) is 0. The van der Waals surface area contributed by atoms with Crippen molar-refractivity contribution in [3.63, 3.8) is 0 Å². The molecule has 4 nitrogen and oxygen atoms in total. The van der Waals surface area contributed by atoms with Crippen LogP contribution in [0.4, 0.5) is 0 Å². The van der Waals surface area contributed by atoms with Gasteiger partial charge in [-0.15, -0.1) is 11.3 Å². The number of aromatic nitrogens is 3. The zero-order valence-electron chi connectivity index (χ0n) is 23.4. The molecule has 0 unspecified atom stereocenters. The molecule has 0 saturated heterocycles. The number of hydrogen-bond acceptors (Lipinski definition) is 5. The van der Waals surface area contributed by atoms with Crippen molar-refractivity contribution in [1.29, 1.82) is 0 Å². The summed E-state index contributed by atoms with van der Waals surface area (Å²) in [5.74, 6) is 1.89. The minimum atomic E-state index is 0.608. The molecule has 0 aliphatic rings. The van der Waals surface area contributed by atoms with E-state index < -0.39 is 0 Å². The first kappa shape index (κ1) is 24.9. The van der Waals surface area contributed by atoms with Gasteiger partial charge in [-0.25, -0.2) is 15.0 Å². The summed E-state index contributed by atoms with van der Waals surface area (Å²) in [7, 11) is 0. The number of benzene rings is 6. The normalized spacial score (nSPS) is 11.6. The van der Waals surface area contributed by atoms with Gasteiger partial charge in [0.1, 0.15) is 11.2 Å². The van der Waals surface area contributed by atoms with Crippen LogP contribution >= 0.6 is 11.3 Å². The molecular formula is C39H23N3OS. The first-order valence-corrected chi connectivity index (χ1v) is 15.3. The Kier molecular flexibility index (Phi) is 5.64. The fraction of sp³-hybridized carbons (Fsp3) is 0. The number of furan rings is 1. The molecule has 0 saturated carbocycles. The van der Waals surface area contributed by atoms with Gasteiger partial charge in [-0.3, -0.25) is 0 Å². The van der Waals surface area contributed by atoms with Crippen molar-refractivity contribution in [2.24, 2.45) is 0 Å². The zero-order chi connectivity index (χ0) is 29.0. The lowest BCUT2D eigenvalue weighted by atomic mass is 10.0. The van der Waals surface area contributed by atoms with Gasteiger partial charge in [-0.2, -0.15) is 0 Å². The maximum Gasteiger partial charge on any atom is 0.164 e. The number of nitrogens with zero attached hydrogens (tertiary/aromatic N) is 3. The molecule has 9 aromatic rings. The standard InChI is InChI=1S/C39H23N3OS/c1-3-9-24(10-4-1)26-16-19-33-31(21-26)29-18-15-28(23-34(29)43-33)39-41-37(25-11-5-2-6-12-25)40-38(42-39)27-17-20-36-32(22-27)30-13-7-8-14-35(30)44-36/h1-23H. The topological polar surface area (TPSA) is 51.8 Å². The Hall–Kier alpha value is -5.65. The minimum absolute atomic E-state index is 0.608. The molecule has 0 atom stereocenters. The van der Waals surface area contributed by atoms with Crippen molar-refractivity contribution in [1.82, 2.24) is 15.0 Å². The van der Waals surface area contributed by atoms with Gasteiger partial charge >= 0.3 is 0 Å². The number of hydrogen-bond donors (Lipinski definition) is 0. The van der Waals surface area contributed by atoms with Crippen molar-refractivity contribution in [2.45, 2.75) is 0 Å². The highest BCUT2D eigenvalue weighted by Gasteiger charge is 2.16. The molecule has 206 valence electrons. The molecule has 3 heterocycles. The average Bonchev–Trinajstić information content (AvgIpc) is 3.66. The van der Waals surface area contributed by atoms with Gasteiger partial charge in [0.05, 0.1) is 0 Å². The highest BCUT2D eigenvalue weighted by atomic mass is 32.1. The minimum Gasteiger partial charge on any atom is -0.456 e. The van der Waals surface area contributed by atoms with E-state index in [4.69, 9.17) is 19.4 Å². The van der Waals surface area contributed by atoms with Gasteiger partial charge < -0.3 is 4.42 Å². The molecule has 6 aromatic carbocycles. The molecule has 0 aliphatic heterocycles. The molecule has 0 aliphatic carbocycles. The zero-order valence-corrected chi connectivity index (χ0v) is 24.3. The Balaban J connectivity index is 1.20. The molecule has 9 rings (SSSR count). The Morgan fingerprint density at radius 3 is 1.75 bits per heavy atom. The van der Waals surface area contributed by atoms with Crippen LogP contribution in [0.5, 0.6) is 0 Å². The van der Waals surface area contributed by atoms with E-state index in [0.29, 0.717) is 17.5 Å². The number of rotatable bonds is 4. The number of thiophene rings is 1. The lowest BCUT2D eigenvalue weighted by molar-refractivity contribution is 0.669. The molecule has 0 bridgehead atoms. The molecule has 0 radical (unpaired) electrons. The Morgan fingerprint density at radius 2 is 0.955 bits per heavy atom. The summed E-state index contributed by atoms with van der Waals surface area (Å²) >= 11 is 1.80. The smallest absolute Gasteiger partial charge is 0.164 e. The lowest BCUT2D eigenvalue weighted by Crippen LogP contribution is -2.00. The molecule has 0 amide bonds. The predicted octanol–water partition coefficient (Wildman–Crippen LogP) is 10.8. The van der Waals surface area contributed by atoms with Crippen molar-refractivity contribution in [3.8, 4) is 45.3 Å². The highest BCUT2D eigenvalue weighted by molar-refractivity contribution is 7.25. The van der Waals surface area contributed by atoms with E-state index in [2.05, 4.69) is 97.1 Å². The van der Waals surface area contributed by atoms with Crippen molar-refractivity contribution in [3.05, 3.63) is 140 Å². The van der Waals surface area contributed by atoms with Crippen LogP contribution in [0.25, 0.3) is 87.4 Å². The molecule has 44 heavy (non-hydrogen) atoms. The summed E-state index contributed by atoms with van der Waals surface area (Å²) in [5, 5.41) is 4.61. The van der Waals surface area contributed by atoms with Gasteiger partial charge in [0.15, 0.2) is 17.5 Å². The number of fused-ring (bicyclic) bond motifs is 6. The van der Waals surface area contributed by atoms with E-state index >= 15 is 0 Å². The summed E-state index contributed by atoms with van der Waals surface area (Å²) in [5.41, 5.74) is 6.78. The van der Waals surface area contributed by atoms with Crippen LogP contribution in [-0.2, 0) is 0 Å². The summed E-state index contributed by atoms with van der Waals surface area (Å²) in [6.45, 7) is 0. The highest BCUT2D eigenvalue weighted by Crippen LogP contribution is 2.37. The van der Waals surface area contributed by atoms with Gasteiger partial charge in [0, 0.05) is 47.6 Å². The quantitative estimate of drug-likeness (QED) is 0.207. The van der Waals surface area contributed by atoms with E-state index in [-0.39, 0.29) is 0 Å². The summed E-state index contributed by atoms with van der Waals surface area (Å²) in [6, 6.07) is 48.1. The molecule has 5 heteroatoms. The van der Waals surface area contributed by atoms with Crippen LogP contribution < -0.4 is 0 Å². The van der Waals surface area contributed by atoms with Crippen LogP contribution in [0.2, 0.25) is 0 Å². The van der Waals surface area contributed by atoms with E-state index in [9.17, 15) is 0 Å². The molecular weight excluding hydrogens is 559 g/mol. The largest absolute Gasteiger partial charge is 0.456 e. The van der Waals surface area contributed by atoms with Crippen molar-refractivity contribution < 1.29 is 4.42 Å². The Morgan fingerprint density at radius 1 is 0.364 bits per heavy atom. The summed E-state index contributed by atoms with van der Waals surface area (Å²) in [4.78, 5) is 14.9. The SMILES string of the molecule is c1ccc(-c2ccc3oc4cc(-c5nc(-c6ccccc6)nc(-c6ccc7sc8ccccc8c7c6)n5)ccc4c3c2)cc1. The second-order valence-corrected chi connectivity index (χ2v) is 12.0. The van der Waals surface area contributed by atoms with Crippen LogP contribution in [0.3, 0.4) is 0 Å². The second-order valence-electron chi connectivity index (χ2n) is 10.9. The van der Waals surface area contributed by atoms with Crippen LogP contribution in [0, 0.1) is 0 Å². The Bertz CT molecular complexity index is 2500. The third-order valence-electron chi connectivity index (χ3n) is 8.14. The fourth-order valence-electron chi connectivity index (χ4n) is 5.94. The average molecular weight is 582 g/mol. The predicted molar refractivity (Wildman–Crippen MR) is 182 cm³/mol. The van der Waals surface area contributed by atoms with Crippen LogP contribution in [0.15, 0.2) is 144 Å². The third-order valence-corrected chi connectivity index (χ3v) is 9.29. The third kappa shape index (κ3) is 4.17. The molecule has 0 spiro atoms.